The van der Waals surface area contributed by atoms with Crippen LogP contribution in [0.5, 0.6) is 0 Å². The summed E-state index contributed by atoms with van der Waals surface area (Å²) in [6.45, 7) is 9.04. The summed E-state index contributed by atoms with van der Waals surface area (Å²) in [6.07, 6.45) is 1.70. The SMILES string of the molecule is CCC(CC)C(=O)Nc1ccc(Nc2cc(C)nc(N3CCOCC3)n2)cc1. The lowest BCUT2D eigenvalue weighted by atomic mass is 10.0. The average Bonchev–Trinajstić information content (AvgIpc) is 2.71. The molecule has 0 atom stereocenters. The van der Waals surface area contributed by atoms with Crippen molar-refractivity contribution in [3.8, 4) is 0 Å². The third-order valence-electron chi connectivity index (χ3n) is 4.92. The number of carbonyl (C=O) groups excluding carboxylic acids is 1. The van der Waals surface area contributed by atoms with Crippen molar-refractivity contribution in [3.63, 3.8) is 0 Å². The van der Waals surface area contributed by atoms with E-state index in [1.54, 1.807) is 0 Å². The quantitative estimate of drug-likeness (QED) is 0.758. The Morgan fingerprint density at radius 3 is 2.39 bits per heavy atom. The van der Waals surface area contributed by atoms with Gasteiger partial charge in [-0.15, -0.1) is 0 Å². The second-order valence-corrected chi connectivity index (χ2v) is 7.00. The molecule has 28 heavy (non-hydrogen) atoms. The van der Waals surface area contributed by atoms with Crippen LogP contribution in [0.3, 0.4) is 0 Å². The van der Waals surface area contributed by atoms with Gasteiger partial charge in [0, 0.05) is 42.1 Å². The van der Waals surface area contributed by atoms with Crippen molar-refractivity contribution in [2.24, 2.45) is 5.92 Å². The molecule has 1 aliphatic rings. The van der Waals surface area contributed by atoms with Crippen molar-refractivity contribution in [3.05, 3.63) is 36.0 Å². The number of nitrogens with one attached hydrogen (secondary N) is 2. The van der Waals surface area contributed by atoms with Crippen molar-refractivity contribution in [1.29, 1.82) is 0 Å². The van der Waals surface area contributed by atoms with Crippen LogP contribution in [-0.4, -0.2) is 42.2 Å². The minimum absolute atomic E-state index is 0.0559. The number of hydrogen-bond acceptors (Lipinski definition) is 6. The van der Waals surface area contributed by atoms with Crippen molar-refractivity contribution in [2.45, 2.75) is 33.6 Å². The minimum atomic E-state index is 0.0559. The zero-order chi connectivity index (χ0) is 19.9. The number of aromatic nitrogens is 2. The Hall–Kier alpha value is -2.67. The van der Waals surface area contributed by atoms with Crippen LogP contribution in [0, 0.1) is 12.8 Å². The van der Waals surface area contributed by atoms with Gasteiger partial charge in [-0.05, 0) is 44.0 Å². The third-order valence-corrected chi connectivity index (χ3v) is 4.92. The van der Waals surface area contributed by atoms with E-state index in [0.717, 1.165) is 54.8 Å². The highest BCUT2D eigenvalue weighted by atomic mass is 16.5. The van der Waals surface area contributed by atoms with Crippen LogP contribution in [0.15, 0.2) is 30.3 Å². The Balaban J connectivity index is 1.67. The molecule has 7 heteroatoms. The number of morpholine rings is 1. The van der Waals surface area contributed by atoms with Crippen LogP contribution < -0.4 is 15.5 Å². The first-order valence-corrected chi connectivity index (χ1v) is 9.95. The number of aryl methyl sites for hydroxylation is 1. The third kappa shape index (κ3) is 5.19. The Morgan fingerprint density at radius 2 is 1.75 bits per heavy atom. The largest absolute Gasteiger partial charge is 0.378 e. The van der Waals surface area contributed by atoms with Gasteiger partial charge in [-0.1, -0.05) is 13.8 Å². The molecule has 0 unspecified atom stereocenters. The monoisotopic (exact) mass is 383 g/mol. The number of hydrogen-bond donors (Lipinski definition) is 2. The Labute approximate surface area is 166 Å². The van der Waals surface area contributed by atoms with Gasteiger partial charge in [0.2, 0.25) is 11.9 Å². The summed E-state index contributed by atoms with van der Waals surface area (Å²) in [5.74, 6) is 1.61. The van der Waals surface area contributed by atoms with Gasteiger partial charge >= 0.3 is 0 Å². The molecule has 2 heterocycles. The highest BCUT2D eigenvalue weighted by molar-refractivity contribution is 5.92. The Kier molecular flexibility index (Phi) is 6.81. The molecule has 1 aromatic heterocycles. The van der Waals surface area contributed by atoms with E-state index in [2.05, 4.69) is 25.5 Å². The molecule has 1 aromatic carbocycles. The van der Waals surface area contributed by atoms with Gasteiger partial charge < -0.3 is 20.3 Å². The minimum Gasteiger partial charge on any atom is -0.378 e. The van der Waals surface area contributed by atoms with Crippen molar-refractivity contribution < 1.29 is 9.53 Å². The normalized spacial score (nSPS) is 14.2. The summed E-state index contributed by atoms with van der Waals surface area (Å²) in [5.41, 5.74) is 2.62. The fraction of sp³-hybridized carbons (Fsp3) is 0.476. The number of anilines is 4. The molecule has 0 saturated carbocycles. The van der Waals surface area contributed by atoms with Gasteiger partial charge in [0.15, 0.2) is 0 Å². The lowest BCUT2D eigenvalue weighted by molar-refractivity contribution is -0.120. The van der Waals surface area contributed by atoms with E-state index >= 15 is 0 Å². The lowest BCUT2D eigenvalue weighted by Gasteiger charge is -2.27. The van der Waals surface area contributed by atoms with Gasteiger partial charge in [0.1, 0.15) is 5.82 Å². The molecule has 0 radical (unpaired) electrons. The second kappa shape index (κ2) is 9.50. The van der Waals surface area contributed by atoms with Gasteiger partial charge in [-0.25, -0.2) is 4.98 Å². The van der Waals surface area contributed by atoms with E-state index in [9.17, 15) is 4.79 Å². The van der Waals surface area contributed by atoms with E-state index < -0.39 is 0 Å². The molecule has 2 N–H and O–H groups in total. The van der Waals surface area contributed by atoms with Crippen molar-refractivity contribution in [1.82, 2.24) is 9.97 Å². The van der Waals surface area contributed by atoms with Crippen LogP contribution in [-0.2, 0) is 9.53 Å². The summed E-state index contributed by atoms with van der Waals surface area (Å²) < 4.78 is 5.40. The summed E-state index contributed by atoms with van der Waals surface area (Å²) in [4.78, 5) is 23.6. The molecule has 0 aliphatic carbocycles. The van der Waals surface area contributed by atoms with E-state index in [4.69, 9.17) is 4.74 Å². The zero-order valence-corrected chi connectivity index (χ0v) is 16.9. The fourth-order valence-electron chi connectivity index (χ4n) is 3.21. The van der Waals surface area contributed by atoms with Crippen LogP contribution in [0.1, 0.15) is 32.4 Å². The second-order valence-electron chi connectivity index (χ2n) is 7.00. The highest BCUT2D eigenvalue weighted by Crippen LogP contribution is 2.21. The predicted molar refractivity (Wildman–Crippen MR) is 112 cm³/mol. The molecule has 2 aromatic rings. The summed E-state index contributed by atoms with van der Waals surface area (Å²) >= 11 is 0. The van der Waals surface area contributed by atoms with Gasteiger partial charge in [-0.2, -0.15) is 4.98 Å². The number of ether oxygens (including phenoxy) is 1. The molecule has 1 amide bonds. The smallest absolute Gasteiger partial charge is 0.227 e. The van der Waals surface area contributed by atoms with Gasteiger partial charge in [0.05, 0.1) is 13.2 Å². The number of nitrogens with zero attached hydrogens (tertiary/aromatic N) is 3. The van der Waals surface area contributed by atoms with Crippen molar-refractivity contribution >= 4 is 29.0 Å². The summed E-state index contributed by atoms with van der Waals surface area (Å²) in [5, 5.41) is 6.31. The zero-order valence-electron chi connectivity index (χ0n) is 16.9. The van der Waals surface area contributed by atoms with E-state index in [-0.39, 0.29) is 11.8 Å². The first-order chi connectivity index (χ1) is 13.6. The number of rotatable bonds is 7. The first-order valence-electron chi connectivity index (χ1n) is 9.95. The molecular weight excluding hydrogens is 354 g/mol. The number of benzene rings is 1. The van der Waals surface area contributed by atoms with Crippen LogP contribution in [0.2, 0.25) is 0 Å². The van der Waals surface area contributed by atoms with E-state index in [0.29, 0.717) is 13.2 Å². The molecule has 1 fully saturated rings. The summed E-state index contributed by atoms with van der Waals surface area (Å²) in [6, 6.07) is 9.61. The van der Waals surface area contributed by atoms with E-state index in [1.165, 1.54) is 0 Å². The maximum atomic E-state index is 12.2. The molecule has 0 spiro atoms. The first kappa shape index (κ1) is 20.1. The fourth-order valence-corrected chi connectivity index (χ4v) is 3.21. The van der Waals surface area contributed by atoms with Gasteiger partial charge in [0.25, 0.3) is 0 Å². The lowest BCUT2D eigenvalue weighted by Crippen LogP contribution is -2.37. The van der Waals surface area contributed by atoms with E-state index in [1.807, 2.05) is 51.1 Å². The molecular formula is C21H29N5O2. The molecule has 0 bridgehead atoms. The van der Waals surface area contributed by atoms with Crippen LogP contribution in [0.25, 0.3) is 0 Å². The molecule has 1 aliphatic heterocycles. The number of amides is 1. The van der Waals surface area contributed by atoms with Crippen molar-refractivity contribution in [2.75, 3.05) is 41.8 Å². The molecule has 7 nitrogen and oxygen atoms in total. The topological polar surface area (TPSA) is 79.4 Å². The Morgan fingerprint density at radius 1 is 1.11 bits per heavy atom. The highest BCUT2D eigenvalue weighted by Gasteiger charge is 2.16. The Bertz CT molecular complexity index is 784. The van der Waals surface area contributed by atoms with Crippen LogP contribution in [0.4, 0.5) is 23.1 Å². The molecule has 150 valence electrons. The standard InChI is InChI=1S/C21H29N5O2/c1-4-16(5-2)20(27)24-18-8-6-17(7-9-18)23-19-14-15(3)22-21(25-19)26-10-12-28-13-11-26/h6-9,14,16H,4-5,10-13H2,1-3H3,(H,24,27)(H,22,23,25). The maximum Gasteiger partial charge on any atom is 0.227 e. The predicted octanol–water partition coefficient (Wildman–Crippen LogP) is 3.74. The average molecular weight is 383 g/mol. The number of carbonyl (C=O) groups is 1. The molecule has 1 saturated heterocycles. The summed E-state index contributed by atoms with van der Waals surface area (Å²) in [7, 11) is 0. The maximum absolute atomic E-state index is 12.2. The van der Waals surface area contributed by atoms with Gasteiger partial charge in [-0.3, -0.25) is 4.79 Å². The molecule has 3 rings (SSSR count). The van der Waals surface area contributed by atoms with Crippen LogP contribution >= 0.6 is 0 Å².